The minimum Gasteiger partial charge on any atom is -0.489 e. The van der Waals surface area contributed by atoms with Crippen LogP contribution < -0.4 is 19.7 Å². The number of carbonyl (C=O) groups is 1. The number of hydrogen-bond acceptors (Lipinski definition) is 7. The Kier molecular flexibility index (Phi) is 8.60. The van der Waals surface area contributed by atoms with Crippen LogP contribution >= 0.6 is 11.6 Å². The van der Waals surface area contributed by atoms with E-state index in [0.29, 0.717) is 41.1 Å². The number of benzene rings is 2. The van der Waals surface area contributed by atoms with Crippen LogP contribution in [0.2, 0.25) is 5.02 Å². The Bertz CT molecular complexity index is 1330. The largest absolute Gasteiger partial charge is 0.489 e. The Morgan fingerprint density at radius 2 is 1.90 bits per heavy atom. The zero-order valence-corrected chi connectivity index (χ0v) is 23.9. The lowest BCUT2D eigenvalue weighted by Crippen LogP contribution is -2.48. The molecule has 2 aliphatic heterocycles. The van der Waals surface area contributed by atoms with Crippen molar-refractivity contribution < 1.29 is 19.4 Å². The van der Waals surface area contributed by atoms with Crippen LogP contribution in [0.1, 0.15) is 43.8 Å². The molecule has 0 bridgehead atoms. The minimum atomic E-state index is -0.884. The first kappa shape index (κ1) is 27.8. The SMILES string of the molecule is O=C(N[C@H](CN1CCCC1)[C@H](O)c1ccc(OC2CC2)c(Cl)c1)[C@@H]1CCN(c2cccc(Oc3ccccn3)c2)C1. The Morgan fingerprint density at radius 3 is 2.66 bits per heavy atom. The monoisotopic (exact) mass is 576 g/mol. The third kappa shape index (κ3) is 7.12. The van der Waals surface area contributed by atoms with Crippen LogP contribution in [0.3, 0.4) is 0 Å². The Hall–Kier alpha value is -3.33. The number of nitrogens with one attached hydrogen (secondary N) is 1. The molecule has 3 fully saturated rings. The van der Waals surface area contributed by atoms with Crippen molar-refractivity contribution in [2.24, 2.45) is 5.92 Å². The number of nitrogens with zero attached hydrogens (tertiary/aromatic N) is 3. The highest BCUT2D eigenvalue weighted by Crippen LogP contribution is 2.35. The molecule has 1 amide bonds. The molecule has 1 saturated carbocycles. The fraction of sp³-hybridized carbons (Fsp3) is 0.438. The van der Waals surface area contributed by atoms with Crippen LogP contribution in [0.5, 0.6) is 17.4 Å². The lowest BCUT2D eigenvalue weighted by molar-refractivity contribution is -0.126. The summed E-state index contributed by atoms with van der Waals surface area (Å²) in [5.74, 6) is 1.68. The lowest BCUT2D eigenvalue weighted by atomic mass is 10.00. The molecular formula is C32H37ClN4O4. The summed E-state index contributed by atoms with van der Waals surface area (Å²) < 4.78 is 11.8. The molecule has 8 nitrogen and oxygen atoms in total. The van der Waals surface area contributed by atoms with Crippen LogP contribution in [0.25, 0.3) is 0 Å². The van der Waals surface area contributed by atoms with E-state index in [-0.39, 0.29) is 17.9 Å². The van der Waals surface area contributed by atoms with Crippen molar-refractivity contribution in [2.45, 2.75) is 50.4 Å². The molecule has 41 heavy (non-hydrogen) atoms. The minimum absolute atomic E-state index is 0.0311. The summed E-state index contributed by atoms with van der Waals surface area (Å²) in [5, 5.41) is 15.2. The second-order valence-electron chi connectivity index (χ2n) is 11.3. The average Bonchev–Trinajstić information content (AvgIpc) is 3.42. The maximum absolute atomic E-state index is 13.6. The molecule has 3 aliphatic rings. The number of anilines is 1. The van der Waals surface area contributed by atoms with Crippen molar-refractivity contribution in [1.82, 2.24) is 15.2 Å². The van der Waals surface area contributed by atoms with E-state index in [0.717, 1.165) is 57.4 Å². The number of likely N-dealkylation sites (tertiary alicyclic amines) is 1. The van der Waals surface area contributed by atoms with Crippen LogP contribution in [0.4, 0.5) is 5.69 Å². The van der Waals surface area contributed by atoms with E-state index in [4.69, 9.17) is 21.1 Å². The van der Waals surface area contributed by atoms with Crippen molar-refractivity contribution in [1.29, 1.82) is 0 Å². The highest BCUT2D eigenvalue weighted by molar-refractivity contribution is 6.32. The van der Waals surface area contributed by atoms with Gasteiger partial charge in [0.05, 0.1) is 23.1 Å². The van der Waals surface area contributed by atoms with Crippen molar-refractivity contribution in [3.63, 3.8) is 0 Å². The molecule has 0 unspecified atom stereocenters. The lowest BCUT2D eigenvalue weighted by Gasteiger charge is -2.30. The topological polar surface area (TPSA) is 87.2 Å². The summed E-state index contributed by atoms with van der Waals surface area (Å²) >= 11 is 6.51. The summed E-state index contributed by atoms with van der Waals surface area (Å²) in [7, 11) is 0. The molecule has 9 heteroatoms. The van der Waals surface area contributed by atoms with Gasteiger partial charge in [0.25, 0.3) is 0 Å². The van der Waals surface area contributed by atoms with E-state index >= 15 is 0 Å². The number of amides is 1. The highest BCUT2D eigenvalue weighted by atomic mass is 35.5. The number of hydrogen-bond donors (Lipinski definition) is 2. The van der Waals surface area contributed by atoms with Crippen molar-refractivity contribution in [3.8, 4) is 17.4 Å². The zero-order chi connectivity index (χ0) is 28.2. The number of aliphatic hydroxyl groups is 1. The number of rotatable bonds is 11. The van der Waals surface area contributed by atoms with Gasteiger partial charge >= 0.3 is 0 Å². The predicted octanol–water partition coefficient (Wildman–Crippen LogP) is 5.21. The fourth-order valence-corrected chi connectivity index (χ4v) is 5.88. The van der Waals surface area contributed by atoms with Gasteiger partial charge in [-0.15, -0.1) is 0 Å². The first-order valence-corrected chi connectivity index (χ1v) is 15.0. The van der Waals surface area contributed by atoms with Crippen molar-refractivity contribution in [3.05, 3.63) is 77.4 Å². The molecule has 216 valence electrons. The normalized spacial score (nSPS) is 20.5. The molecule has 2 N–H and O–H groups in total. The van der Waals surface area contributed by atoms with Crippen LogP contribution in [0.15, 0.2) is 66.9 Å². The van der Waals surface area contributed by atoms with E-state index in [2.05, 4.69) is 20.1 Å². The smallest absolute Gasteiger partial charge is 0.225 e. The van der Waals surface area contributed by atoms with Gasteiger partial charge in [0.2, 0.25) is 11.8 Å². The van der Waals surface area contributed by atoms with Crippen LogP contribution in [0, 0.1) is 5.92 Å². The summed E-state index contributed by atoms with van der Waals surface area (Å²) in [5.41, 5.74) is 1.69. The molecule has 3 atom stereocenters. The number of aromatic nitrogens is 1. The molecule has 0 spiro atoms. The van der Waals surface area contributed by atoms with Crippen molar-refractivity contribution >= 4 is 23.2 Å². The van der Waals surface area contributed by atoms with E-state index in [1.165, 1.54) is 0 Å². The number of aliphatic hydroxyl groups excluding tert-OH is 1. The first-order chi connectivity index (χ1) is 20.0. The maximum atomic E-state index is 13.6. The number of pyridine rings is 1. The number of carbonyl (C=O) groups excluding carboxylic acids is 1. The van der Waals surface area contributed by atoms with Gasteiger partial charge in [-0.2, -0.15) is 0 Å². The highest BCUT2D eigenvalue weighted by Gasteiger charge is 2.33. The van der Waals surface area contributed by atoms with Crippen LogP contribution in [-0.2, 0) is 4.79 Å². The molecule has 6 rings (SSSR count). The van der Waals surface area contributed by atoms with Gasteiger partial charge in [-0.25, -0.2) is 4.98 Å². The van der Waals surface area contributed by atoms with Gasteiger partial charge in [0, 0.05) is 43.7 Å². The Morgan fingerprint density at radius 1 is 1.05 bits per heavy atom. The number of ether oxygens (including phenoxy) is 2. The van der Waals surface area contributed by atoms with Gasteiger partial charge in [-0.3, -0.25) is 4.79 Å². The van der Waals surface area contributed by atoms with Crippen LogP contribution in [-0.4, -0.2) is 65.8 Å². The predicted molar refractivity (Wildman–Crippen MR) is 159 cm³/mol. The molecule has 2 aromatic carbocycles. The van der Waals surface area contributed by atoms with Gasteiger partial charge in [0.15, 0.2) is 0 Å². The maximum Gasteiger partial charge on any atom is 0.225 e. The van der Waals surface area contributed by atoms with E-state index in [1.54, 1.807) is 12.3 Å². The Balaban J connectivity index is 1.11. The van der Waals surface area contributed by atoms with E-state index < -0.39 is 12.1 Å². The standard InChI is InChI=1S/C32H37ClN4O4/c33-27-18-22(9-12-29(27)40-25-10-11-25)31(38)28(21-36-15-3-4-16-36)35-32(39)23-13-17-37(20-23)24-6-5-7-26(19-24)41-30-8-1-2-14-34-30/h1-2,5-9,12,14,18-19,23,25,28,31,38H,3-4,10-11,13,15-17,20-21H2,(H,35,39)/t23-,28-,31-/m1/s1. The van der Waals surface area contributed by atoms with E-state index in [9.17, 15) is 9.90 Å². The molecule has 3 heterocycles. The molecule has 2 saturated heterocycles. The second kappa shape index (κ2) is 12.7. The summed E-state index contributed by atoms with van der Waals surface area (Å²) in [6, 6.07) is 18.4. The van der Waals surface area contributed by atoms with Gasteiger partial charge in [-0.1, -0.05) is 29.8 Å². The fourth-order valence-electron chi connectivity index (χ4n) is 5.64. The van der Waals surface area contributed by atoms with E-state index in [1.807, 2.05) is 54.6 Å². The zero-order valence-electron chi connectivity index (χ0n) is 23.1. The molecule has 1 aromatic heterocycles. The molecule has 0 radical (unpaired) electrons. The van der Waals surface area contributed by atoms with Crippen molar-refractivity contribution in [2.75, 3.05) is 37.6 Å². The molecular weight excluding hydrogens is 540 g/mol. The summed E-state index contributed by atoms with van der Waals surface area (Å²) in [4.78, 5) is 22.3. The quantitative estimate of drug-likeness (QED) is 0.324. The summed E-state index contributed by atoms with van der Waals surface area (Å²) in [6.07, 6.45) is 6.17. The molecule has 3 aromatic rings. The third-order valence-corrected chi connectivity index (χ3v) is 8.38. The third-order valence-electron chi connectivity index (χ3n) is 8.08. The molecule has 1 aliphatic carbocycles. The summed E-state index contributed by atoms with van der Waals surface area (Å²) in [6.45, 7) is 3.91. The second-order valence-corrected chi connectivity index (χ2v) is 11.7. The van der Waals surface area contributed by atoms with Gasteiger partial charge < -0.3 is 29.7 Å². The van der Waals surface area contributed by atoms with Gasteiger partial charge in [-0.05, 0) is 81.1 Å². The average molecular weight is 577 g/mol. The van der Waals surface area contributed by atoms with Gasteiger partial charge in [0.1, 0.15) is 17.6 Å². The first-order valence-electron chi connectivity index (χ1n) is 14.6. The Labute approximate surface area is 246 Å². The number of halogens is 1.